The Hall–Kier alpha value is -2.34. The van der Waals surface area contributed by atoms with Crippen LogP contribution in [0.5, 0.6) is 0 Å². The molecule has 1 aliphatic rings. The maximum absolute atomic E-state index is 13.3. The number of benzene rings is 2. The number of anilines is 1. The van der Waals surface area contributed by atoms with Crippen molar-refractivity contribution in [2.75, 3.05) is 30.6 Å². The summed E-state index contributed by atoms with van der Waals surface area (Å²) in [6, 6.07) is 11.0. The number of aromatic nitrogens is 1. The average Bonchev–Trinajstić information content (AvgIpc) is 3.39. The molecule has 8 nitrogen and oxygen atoms in total. The van der Waals surface area contributed by atoms with Crippen LogP contribution >= 0.6 is 11.3 Å². The average molecular weight is 509 g/mol. The Kier molecular flexibility index (Phi) is 6.59. The monoisotopic (exact) mass is 508 g/mol. The van der Waals surface area contributed by atoms with Crippen molar-refractivity contribution < 1.29 is 26.4 Å². The molecule has 1 saturated heterocycles. The number of rotatable bonds is 7. The molecule has 0 aliphatic carbocycles. The van der Waals surface area contributed by atoms with E-state index in [4.69, 9.17) is 4.74 Å². The number of thiazole rings is 1. The molecule has 1 fully saturated rings. The van der Waals surface area contributed by atoms with Crippen LogP contribution in [0.1, 0.15) is 18.4 Å². The maximum Gasteiger partial charge on any atom is 0.233 e. The molecule has 2 aromatic carbocycles. The van der Waals surface area contributed by atoms with Crippen molar-refractivity contribution in [1.29, 1.82) is 0 Å². The minimum Gasteiger partial charge on any atom is -0.376 e. The number of hydrogen-bond donors (Lipinski definition) is 0. The van der Waals surface area contributed by atoms with Gasteiger partial charge in [0.1, 0.15) is 0 Å². The van der Waals surface area contributed by atoms with E-state index in [-0.39, 0.29) is 28.2 Å². The first-order valence-corrected chi connectivity index (χ1v) is 14.9. The predicted octanol–water partition coefficient (Wildman–Crippen LogP) is 2.86. The molecule has 0 bridgehead atoms. The van der Waals surface area contributed by atoms with Gasteiger partial charge in [-0.3, -0.25) is 9.69 Å². The summed E-state index contributed by atoms with van der Waals surface area (Å²) in [6.07, 6.45) is 4.03. The van der Waals surface area contributed by atoms with Crippen LogP contribution in [0.2, 0.25) is 0 Å². The molecule has 11 heteroatoms. The number of fused-ring (bicyclic) bond motifs is 1. The van der Waals surface area contributed by atoms with E-state index in [9.17, 15) is 21.6 Å². The van der Waals surface area contributed by atoms with Crippen LogP contribution < -0.4 is 4.90 Å². The number of amides is 1. The highest BCUT2D eigenvalue weighted by Gasteiger charge is 2.26. The second-order valence-corrected chi connectivity index (χ2v) is 13.2. The third-order valence-corrected chi connectivity index (χ3v) is 8.71. The molecule has 0 spiro atoms. The lowest BCUT2D eigenvalue weighted by molar-refractivity contribution is -0.118. The Bertz CT molecular complexity index is 1390. The number of sulfone groups is 2. The maximum atomic E-state index is 13.3. The number of hydrogen-bond acceptors (Lipinski definition) is 8. The van der Waals surface area contributed by atoms with Crippen LogP contribution in [0.4, 0.5) is 5.13 Å². The lowest BCUT2D eigenvalue weighted by Gasteiger charge is -2.23. The first kappa shape index (κ1) is 23.8. The molecule has 0 saturated carbocycles. The van der Waals surface area contributed by atoms with Gasteiger partial charge in [-0.05, 0) is 48.7 Å². The van der Waals surface area contributed by atoms with Crippen LogP contribution in [-0.2, 0) is 35.6 Å². The number of ether oxygens (including phenoxy) is 1. The van der Waals surface area contributed by atoms with Gasteiger partial charge in [-0.2, -0.15) is 0 Å². The van der Waals surface area contributed by atoms with Gasteiger partial charge in [0.05, 0.1) is 39.1 Å². The van der Waals surface area contributed by atoms with Crippen molar-refractivity contribution in [3.63, 3.8) is 0 Å². The molecule has 2 heterocycles. The van der Waals surface area contributed by atoms with Gasteiger partial charge in [-0.25, -0.2) is 21.8 Å². The molecule has 1 amide bonds. The Labute approximate surface area is 197 Å². The summed E-state index contributed by atoms with van der Waals surface area (Å²) < 4.78 is 53.6. The van der Waals surface area contributed by atoms with Crippen LogP contribution in [-0.4, -0.2) is 59.5 Å². The van der Waals surface area contributed by atoms with Gasteiger partial charge in [-0.15, -0.1) is 0 Å². The summed E-state index contributed by atoms with van der Waals surface area (Å²) >= 11 is 1.26. The van der Waals surface area contributed by atoms with Crippen molar-refractivity contribution in [3.8, 4) is 0 Å². The van der Waals surface area contributed by atoms with Gasteiger partial charge in [0.25, 0.3) is 0 Å². The fourth-order valence-corrected chi connectivity index (χ4v) is 6.03. The Morgan fingerprint density at radius 2 is 1.73 bits per heavy atom. The first-order chi connectivity index (χ1) is 15.5. The van der Waals surface area contributed by atoms with Gasteiger partial charge in [-0.1, -0.05) is 23.5 Å². The molecular formula is C22H24N2O6S3. The third-order valence-electron chi connectivity index (χ3n) is 5.43. The van der Waals surface area contributed by atoms with Gasteiger partial charge in [0.2, 0.25) is 5.91 Å². The number of carbonyl (C=O) groups is 1. The normalized spacial score (nSPS) is 16.8. The summed E-state index contributed by atoms with van der Waals surface area (Å²) in [5.41, 5.74) is 1.30. The fourth-order valence-electron chi connectivity index (χ4n) is 3.64. The van der Waals surface area contributed by atoms with E-state index < -0.39 is 19.7 Å². The highest BCUT2D eigenvalue weighted by atomic mass is 32.2. The second kappa shape index (κ2) is 9.13. The Balaban J connectivity index is 1.63. The van der Waals surface area contributed by atoms with E-state index in [0.29, 0.717) is 34.1 Å². The molecule has 0 N–H and O–H groups in total. The largest absolute Gasteiger partial charge is 0.376 e. The highest BCUT2D eigenvalue weighted by molar-refractivity contribution is 7.91. The summed E-state index contributed by atoms with van der Waals surface area (Å²) in [7, 11) is -6.67. The third kappa shape index (κ3) is 5.60. The Morgan fingerprint density at radius 3 is 2.33 bits per heavy atom. The number of nitrogens with zero attached hydrogens (tertiary/aromatic N) is 2. The second-order valence-electron chi connectivity index (χ2n) is 8.13. The van der Waals surface area contributed by atoms with Gasteiger partial charge in [0.15, 0.2) is 24.8 Å². The van der Waals surface area contributed by atoms with E-state index in [1.165, 1.54) is 29.5 Å². The molecular weight excluding hydrogens is 484 g/mol. The van der Waals surface area contributed by atoms with Crippen molar-refractivity contribution in [3.05, 3.63) is 48.0 Å². The lowest BCUT2D eigenvalue weighted by Crippen LogP contribution is -2.38. The summed E-state index contributed by atoms with van der Waals surface area (Å²) in [5, 5.41) is 0.476. The van der Waals surface area contributed by atoms with Gasteiger partial charge in [0, 0.05) is 19.1 Å². The molecule has 0 radical (unpaired) electrons. The van der Waals surface area contributed by atoms with E-state index in [2.05, 4.69) is 4.98 Å². The van der Waals surface area contributed by atoms with E-state index >= 15 is 0 Å². The lowest BCUT2D eigenvalue weighted by atomic mass is 10.1. The van der Waals surface area contributed by atoms with E-state index in [1.54, 1.807) is 29.2 Å². The zero-order valence-electron chi connectivity index (χ0n) is 18.2. The number of carbonyl (C=O) groups excluding carboxylic acids is 1. The van der Waals surface area contributed by atoms with Crippen molar-refractivity contribution in [2.24, 2.45) is 0 Å². The molecule has 1 unspecified atom stereocenters. The van der Waals surface area contributed by atoms with Crippen molar-refractivity contribution in [2.45, 2.75) is 35.2 Å². The molecule has 33 heavy (non-hydrogen) atoms. The zero-order valence-corrected chi connectivity index (χ0v) is 20.7. The predicted molar refractivity (Wildman–Crippen MR) is 127 cm³/mol. The van der Waals surface area contributed by atoms with Crippen LogP contribution in [0.25, 0.3) is 10.2 Å². The summed E-state index contributed by atoms with van der Waals surface area (Å²) in [5.74, 6) is -0.194. The highest BCUT2D eigenvalue weighted by Crippen LogP contribution is 2.32. The van der Waals surface area contributed by atoms with Crippen molar-refractivity contribution >= 4 is 52.3 Å². The minimum absolute atomic E-state index is 0.0707. The molecule has 3 aromatic rings. The topological polar surface area (TPSA) is 111 Å². The SMILES string of the molecule is CS(=O)(=O)c1ccc(CC(=O)N(CC2CCCO2)c2nc3ccc(S(C)(=O)=O)cc3s2)cc1. The molecule has 1 aromatic heterocycles. The summed E-state index contributed by atoms with van der Waals surface area (Å²) in [4.78, 5) is 19.9. The van der Waals surface area contributed by atoms with Crippen LogP contribution in [0.3, 0.4) is 0 Å². The summed E-state index contributed by atoms with van der Waals surface area (Å²) in [6.45, 7) is 0.996. The van der Waals surface area contributed by atoms with Crippen LogP contribution in [0.15, 0.2) is 52.3 Å². The fraction of sp³-hybridized carbons (Fsp3) is 0.364. The minimum atomic E-state index is -3.36. The standard InChI is InChI=1S/C22H24N2O6S3/c1-32(26,27)17-7-5-15(6-8-17)12-21(25)24(14-16-4-3-11-30-16)22-23-19-10-9-18(33(2,28)29)13-20(19)31-22/h5-10,13,16H,3-4,11-12,14H2,1-2H3. The smallest absolute Gasteiger partial charge is 0.233 e. The van der Waals surface area contributed by atoms with E-state index in [1.807, 2.05) is 0 Å². The molecule has 1 aliphatic heterocycles. The molecule has 4 rings (SSSR count). The molecule has 1 atom stereocenters. The van der Waals surface area contributed by atoms with Gasteiger partial charge < -0.3 is 4.74 Å². The zero-order chi connectivity index (χ0) is 23.8. The Morgan fingerprint density at radius 1 is 1.06 bits per heavy atom. The van der Waals surface area contributed by atoms with Crippen molar-refractivity contribution in [1.82, 2.24) is 4.98 Å². The van der Waals surface area contributed by atoms with E-state index in [0.717, 1.165) is 25.4 Å². The quantitative estimate of drug-likeness (QED) is 0.482. The molecule has 176 valence electrons. The van der Waals surface area contributed by atoms with Gasteiger partial charge >= 0.3 is 0 Å². The first-order valence-electron chi connectivity index (χ1n) is 10.3. The van der Waals surface area contributed by atoms with Crippen LogP contribution in [0, 0.1) is 0 Å².